The third kappa shape index (κ3) is 3.36. The van der Waals surface area contributed by atoms with Gasteiger partial charge in [0.25, 0.3) is 5.56 Å². The normalized spacial score (nSPS) is 19.3. The van der Waals surface area contributed by atoms with Crippen LogP contribution in [0.3, 0.4) is 0 Å². The average molecular weight is 439 g/mol. The Balaban J connectivity index is 1.69. The van der Waals surface area contributed by atoms with Gasteiger partial charge in [0.2, 0.25) is 0 Å². The van der Waals surface area contributed by atoms with Crippen LogP contribution in [0.2, 0.25) is 0 Å². The number of anilines is 1. The number of hydrogen-bond acceptors (Lipinski definition) is 4. The second-order valence-corrected chi connectivity index (χ2v) is 12.2. The number of rotatable bonds is 4. The first-order valence-electron chi connectivity index (χ1n) is 11.2. The molecule has 0 amide bonds. The fourth-order valence-corrected chi connectivity index (χ4v) is 6.15. The molecule has 0 radical (unpaired) electrons. The molecule has 1 saturated carbocycles. The molecule has 0 N–H and O–H groups in total. The molecule has 0 atom stereocenters. The van der Waals surface area contributed by atoms with Gasteiger partial charge in [-0.3, -0.25) is 4.79 Å². The molecule has 0 bridgehead atoms. The van der Waals surface area contributed by atoms with Crippen molar-refractivity contribution in [1.82, 2.24) is 4.57 Å². The lowest BCUT2D eigenvalue weighted by Gasteiger charge is -2.35. The van der Waals surface area contributed by atoms with Crippen LogP contribution in [0.4, 0.5) is 5.69 Å². The van der Waals surface area contributed by atoms with Crippen LogP contribution in [0, 0.1) is 5.41 Å². The number of pyridine rings is 1. The van der Waals surface area contributed by atoms with Crippen molar-refractivity contribution < 1.29 is 8.42 Å². The topological polar surface area (TPSA) is 59.4 Å². The lowest BCUT2D eigenvalue weighted by atomic mass is 9.92. The predicted octanol–water partition coefficient (Wildman–Crippen LogP) is 4.18. The summed E-state index contributed by atoms with van der Waals surface area (Å²) in [5.74, 6) is 0. The summed E-state index contributed by atoms with van der Waals surface area (Å²) in [7, 11) is -1.63. The van der Waals surface area contributed by atoms with Gasteiger partial charge in [-0.2, -0.15) is 0 Å². The highest BCUT2D eigenvalue weighted by atomic mass is 32.2. The van der Waals surface area contributed by atoms with Gasteiger partial charge in [-0.05, 0) is 75.1 Å². The number of fused-ring (bicyclic) bond motifs is 1. The lowest BCUT2D eigenvalue weighted by Crippen LogP contribution is -2.34. The monoisotopic (exact) mass is 438 g/mol. The number of aromatic nitrogens is 1. The molecule has 5 rings (SSSR count). The number of nitrogens with zero attached hydrogens (tertiary/aromatic N) is 2. The molecule has 0 unspecified atom stereocenters. The van der Waals surface area contributed by atoms with E-state index in [0.29, 0.717) is 16.7 Å². The van der Waals surface area contributed by atoms with E-state index in [1.807, 2.05) is 30.5 Å². The van der Waals surface area contributed by atoms with Gasteiger partial charge in [0, 0.05) is 48.7 Å². The summed E-state index contributed by atoms with van der Waals surface area (Å²) < 4.78 is 27.6. The zero-order valence-electron chi connectivity index (χ0n) is 18.5. The Morgan fingerprint density at radius 3 is 2.39 bits per heavy atom. The molecule has 2 aliphatic carbocycles. The van der Waals surface area contributed by atoms with Crippen LogP contribution in [0.5, 0.6) is 0 Å². The van der Waals surface area contributed by atoms with Crippen molar-refractivity contribution in [1.29, 1.82) is 0 Å². The summed E-state index contributed by atoms with van der Waals surface area (Å²) in [5, 5.41) is -0.485. The van der Waals surface area contributed by atoms with Crippen molar-refractivity contribution in [3.8, 4) is 11.1 Å². The van der Waals surface area contributed by atoms with Crippen molar-refractivity contribution in [2.75, 3.05) is 18.0 Å². The van der Waals surface area contributed by atoms with Gasteiger partial charge in [-0.1, -0.05) is 12.2 Å². The van der Waals surface area contributed by atoms with Crippen LogP contribution in [-0.2, 0) is 23.3 Å². The highest BCUT2D eigenvalue weighted by Crippen LogP contribution is 2.54. The van der Waals surface area contributed by atoms with Gasteiger partial charge < -0.3 is 9.47 Å². The van der Waals surface area contributed by atoms with E-state index < -0.39 is 15.1 Å². The summed E-state index contributed by atoms with van der Waals surface area (Å²) in [6, 6.07) is 5.57. The molecule has 31 heavy (non-hydrogen) atoms. The number of benzene rings is 1. The lowest BCUT2D eigenvalue weighted by molar-refractivity contribution is 0.384. The quantitative estimate of drug-likeness (QED) is 0.718. The summed E-state index contributed by atoms with van der Waals surface area (Å²) in [4.78, 5) is 15.4. The van der Waals surface area contributed by atoms with Crippen LogP contribution >= 0.6 is 0 Å². The third-order valence-electron chi connectivity index (χ3n) is 7.45. The van der Waals surface area contributed by atoms with Gasteiger partial charge >= 0.3 is 0 Å². The second-order valence-electron chi connectivity index (χ2n) is 9.72. The minimum Gasteiger partial charge on any atom is -0.371 e. The largest absolute Gasteiger partial charge is 0.371 e. The van der Waals surface area contributed by atoms with Crippen molar-refractivity contribution >= 4 is 21.6 Å². The van der Waals surface area contributed by atoms with Crippen molar-refractivity contribution in [2.45, 2.75) is 56.1 Å². The molecule has 2 heterocycles. The highest BCUT2D eigenvalue weighted by molar-refractivity contribution is 7.92. The molecule has 2 fully saturated rings. The SMILES string of the molecule is CC(C)S(=O)(=O)c1ccc(N2CCC3(CC2)CC3)c(-c2cn(C)c(=O)c3c2C=CC3)c1. The Morgan fingerprint density at radius 2 is 1.74 bits per heavy atom. The van der Waals surface area contributed by atoms with E-state index in [-0.39, 0.29) is 5.56 Å². The van der Waals surface area contributed by atoms with Crippen LogP contribution in [0.15, 0.2) is 40.2 Å². The zero-order valence-corrected chi connectivity index (χ0v) is 19.3. The van der Waals surface area contributed by atoms with Crippen LogP contribution in [0.1, 0.15) is 50.7 Å². The molecular formula is C25H30N2O3S. The van der Waals surface area contributed by atoms with E-state index in [9.17, 15) is 13.2 Å². The third-order valence-corrected chi connectivity index (χ3v) is 9.60. The molecule has 1 aromatic heterocycles. The molecule has 5 nitrogen and oxygen atoms in total. The number of allylic oxidation sites excluding steroid dienone is 1. The molecule has 1 aromatic carbocycles. The first kappa shape index (κ1) is 20.6. The summed E-state index contributed by atoms with van der Waals surface area (Å²) >= 11 is 0. The van der Waals surface area contributed by atoms with E-state index in [2.05, 4.69) is 4.90 Å². The smallest absolute Gasteiger partial charge is 0.254 e. The minimum atomic E-state index is -3.40. The molecule has 1 saturated heterocycles. The highest BCUT2D eigenvalue weighted by Gasteiger charge is 2.44. The minimum absolute atomic E-state index is 0.0184. The van der Waals surface area contributed by atoms with Gasteiger partial charge in [0.05, 0.1) is 10.1 Å². The van der Waals surface area contributed by atoms with Gasteiger partial charge in [-0.15, -0.1) is 0 Å². The Morgan fingerprint density at radius 1 is 1.03 bits per heavy atom. The molecule has 1 aliphatic heterocycles. The number of hydrogen-bond donors (Lipinski definition) is 0. The predicted molar refractivity (Wildman–Crippen MR) is 125 cm³/mol. The summed E-state index contributed by atoms with van der Waals surface area (Å²) in [6.45, 7) is 5.42. The first-order chi connectivity index (χ1) is 14.7. The zero-order chi connectivity index (χ0) is 22.0. The van der Waals surface area contributed by atoms with Crippen LogP contribution in [0.25, 0.3) is 17.2 Å². The van der Waals surface area contributed by atoms with Crippen molar-refractivity contribution in [2.24, 2.45) is 12.5 Å². The second kappa shape index (κ2) is 7.09. The number of aryl methyl sites for hydroxylation is 1. The van der Waals surface area contributed by atoms with Crippen LogP contribution in [-0.4, -0.2) is 31.3 Å². The van der Waals surface area contributed by atoms with Gasteiger partial charge in [0.15, 0.2) is 9.84 Å². The maximum Gasteiger partial charge on any atom is 0.254 e. The molecule has 1 spiro atoms. The fourth-order valence-electron chi connectivity index (χ4n) is 5.06. The Hall–Kier alpha value is -2.34. The molecule has 2 aromatic rings. The standard InChI is InChI=1S/C25H30N2O3S/c1-17(2)31(29,30)18-7-8-23(27-13-11-25(9-10-25)12-14-27)21(15-18)22-16-26(3)24(28)20-6-4-5-19(20)22/h4-5,7-8,15-17H,6,9-14H2,1-3H3. The Kier molecular flexibility index (Phi) is 4.70. The average Bonchev–Trinajstić information content (AvgIpc) is 3.31. The van der Waals surface area contributed by atoms with Crippen molar-refractivity contribution in [3.63, 3.8) is 0 Å². The Bertz CT molecular complexity index is 1240. The van der Waals surface area contributed by atoms with Crippen LogP contribution < -0.4 is 10.5 Å². The van der Waals surface area contributed by atoms with Gasteiger partial charge in [-0.25, -0.2) is 8.42 Å². The number of piperidine rings is 1. The molecule has 164 valence electrons. The first-order valence-corrected chi connectivity index (χ1v) is 12.8. The number of sulfone groups is 1. The maximum absolute atomic E-state index is 13.0. The van der Waals surface area contributed by atoms with E-state index >= 15 is 0 Å². The van der Waals surface area contributed by atoms with E-state index in [4.69, 9.17) is 0 Å². The van der Waals surface area contributed by atoms with Gasteiger partial charge in [0.1, 0.15) is 0 Å². The summed E-state index contributed by atoms with van der Waals surface area (Å²) in [5.41, 5.74) is 5.22. The molecule has 6 heteroatoms. The fraction of sp³-hybridized carbons (Fsp3) is 0.480. The molecule has 3 aliphatic rings. The molecular weight excluding hydrogens is 408 g/mol. The van der Waals surface area contributed by atoms with Crippen molar-refractivity contribution in [3.05, 3.63) is 52.0 Å². The maximum atomic E-state index is 13.0. The summed E-state index contributed by atoms with van der Waals surface area (Å²) in [6.07, 6.45) is 11.6. The van der Waals surface area contributed by atoms with E-state index in [1.165, 1.54) is 25.7 Å². The Labute approximate surface area is 184 Å². The van der Waals surface area contributed by atoms with E-state index in [1.54, 1.807) is 31.5 Å². The van der Waals surface area contributed by atoms with E-state index in [0.717, 1.165) is 41.0 Å².